The summed E-state index contributed by atoms with van der Waals surface area (Å²) < 4.78 is 7.34. The Balaban J connectivity index is 1.26. The smallest absolute Gasteiger partial charge is 0.144 e. The van der Waals surface area contributed by atoms with Gasteiger partial charge in [-0.2, -0.15) is 0 Å². The first-order chi connectivity index (χ1) is 26.3. The number of hydrogen-bond acceptors (Lipinski definition) is 1. The molecule has 0 N–H and O–H groups in total. The van der Waals surface area contributed by atoms with Gasteiger partial charge in [-0.05, 0) is 98.0 Å². The van der Waals surface area contributed by atoms with E-state index >= 15 is 0 Å². The van der Waals surface area contributed by atoms with Crippen LogP contribution in [0.3, 0.4) is 0 Å². The molecule has 1 nitrogen and oxygen atoms in total. The zero-order valence-electron chi connectivity index (χ0n) is 28.6. The van der Waals surface area contributed by atoms with E-state index < -0.39 is 0 Å². The monoisotopic (exact) mass is 668 g/mol. The van der Waals surface area contributed by atoms with Gasteiger partial charge in [0.05, 0.1) is 0 Å². The summed E-state index contributed by atoms with van der Waals surface area (Å²) in [6, 6.07) is 63.0. The first kappa shape index (κ1) is 27.7. The third-order valence-electron chi connectivity index (χ3n) is 12.1. The summed E-state index contributed by atoms with van der Waals surface area (Å²) in [4.78, 5) is 0. The van der Waals surface area contributed by atoms with Crippen LogP contribution in [0.1, 0.15) is 0 Å². The normalized spacial score (nSPS) is 12.5. The average Bonchev–Trinajstić information content (AvgIpc) is 3.61. The fourth-order valence-electron chi connectivity index (χ4n) is 9.88. The van der Waals surface area contributed by atoms with Crippen molar-refractivity contribution in [3.05, 3.63) is 170 Å². The molecule has 12 aromatic carbocycles. The number of furan rings is 1. The van der Waals surface area contributed by atoms with Crippen LogP contribution in [-0.2, 0) is 0 Å². The minimum atomic E-state index is 0.936. The second kappa shape index (κ2) is 9.88. The van der Waals surface area contributed by atoms with E-state index in [1.807, 2.05) is 0 Å². The number of hydrogen-bond donors (Lipinski definition) is 0. The average molecular weight is 669 g/mol. The molecule has 13 rings (SSSR count). The first-order valence-corrected chi connectivity index (χ1v) is 18.4. The lowest BCUT2D eigenvalue weighted by Crippen LogP contribution is -1.93. The lowest BCUT2D eigenvalue weighted by Gasteiger charge is -2.19. The summed E-state index contributed by atoms with van der Waals surface area (Å²) in [7, 11) is 0. The molecule has 0 unspecified atom stereocenters. The van der Waals surface area contributed by atoms with Crippen LogP contribution in [0.2, 0.25) is 0 Å². The minimum Gasteiger partial charge on any atom is -0.455 e. The summed E-state index contributed by atoms with van der Waals surface area (Å²) in [6.07, 6.45) is 0. The molecule has 0 aliphatic heterocycles. The number of fused-ring (bicyclic) bond motifs is 6. The van der Waals surface area contributed by atoms with Crippen molar-refractivity contribution in [2.24, 2.45) is 0 Å². The lowest BCUT2D eigenvalue weighted by atomic mass is 9.83. The van der Waals surface area contributed by atoms with Gasteiger partial charge in [0.2, 0.25) is 0 Å². The SMILES string of the molecule is c1ccc2c(c1)ccc1c2oc2c(-c3ccc4ccc5cccc6ccc3c4c56)c3ccccc3c(-c3ccc4ccc5cccc6ccc3c4c56)c21. The maximum atomic E-state index is 7.34. The van der Waals surface area contributed by atoms with E-state index in [1.165, 1.54) is 103 Å². The van der Waals surface area contributed by atoms with E-state index in [4.69, 9.17) is 4.42 Å². The Morgan fingerprint density at radius 2 is 0.642 bits per heavy atom. The maximum absolute atomic E-state index is 7.34. The molecule has 242 valence electrons. The van der Waals surface area contributed by atoms with Crippen molar-refractivity contribution >= 4 is 108 Å². The Morgan fingerprint density at radius 3 is 1.25 bits per heavy atom. The molecule has 0 spiro atoms. The molecule has 0 amide bonds. The second-order valence-corrected chi connectivity index (χ2v) is 14.7. The maximum Gasteiger partial charge on any atom is 0.144 e. The summed E-state index contributed by atoms with van der Waals surface area (Å²) in [5.74, 6) is 0. The van der Waals surface area contributed by atoms with Gasteiger partial charge in [0.1, 0.15) is 11.2 Å². The molecule has 0 bridgehead atoms. The first-order valence-electron chi connectivity index (χ1n) is 18.4. The topological polar surface area (TPSA) is 13.1 Å². The van der Waals surface area contributed by atoms with Crippen molar-refractivity contribution in [2.75, 3.05) is 0 Å². The summed E-state index contributed by atoms with van der Waals surface area (Å²) in [5, 5.41) is 22.5. The predicted molar refractivity (Wildman–Crippen MR) is 227 cm³/mol. The molecule has 1 heterocycles. The van der Waals surface area contributed by atoms with Crippen molar-refractivity contribution in [2.45, 2.75) is 0 Å². The number of rotatable bonds is 2. The predicted octanol–water partition coefficient (Wildman–Crippen LogP) is 15.0. The Hall–Kier alpha value is -6.96. The van der Waals surface area contributed by atoms with Crippen LogP contribution >= 0.6 is 0 Å². The Kier molecular flexibility index (Phi) is 5.17. The molecule has 0 fully saturated rings. The van der Waals surface area contributed by atoms with Crippen molar-refractivity contribution in [3.63, 3.8) is 0 Å². The number of benzene rings is 12. The highest BCUT2D eigenvalue weighted by atomic mass is 16.3. The van der Waals surface area contributed by atoms with Gasteiger partial charge in [-0.1, -0.05) is 164 Å². The quantitative estimate of drug-likeness (QED) is 0.167. The highest BCUT2D eigenvalue weighted by Crippen LogP contribution is 2.52. The highest BCUT2D eigenvalue weighted by molar-refractivity contribution is 6.35. The van der Waals surface area contributed by atoms with Crippen molar-refractivity contribution in [1.29, 1.82) is 0 Å². The minimum absolute atomic E-state index is 0.936. The van der Waals surface area contributed by atoms with Gasteiger partial charge in [-0.25, -0.2) is 0 Å². The van der Waals surface area contributed by atoms with Crippen LogP contribution in [-0.4, -0.2) is 0 Å². The fraction of sp³-hybridized carbons (Fsp3) is 0. The van der Waals surface area contributed by atoms with Crippen molar-refractivity contribution in [3.8, 4) is 22.3 Å². The molecule has 13 aromatic rings. The van der Waals surface area contributed by atoms with E-state index in [-0.39, 0.29) is 0 Å². The molecule has 53 heavy (non-hydrogen) atoms. The molecular weight excluding hydrogens is 641 g/mol. The Bertz CT molecular complexity index is 3640. The van der Waals surface area contributed by atoms with Crippen molar-refractivity contribution < 1.29 is 4.42 Å². The Labute approximate surface area is 303 Å². The van der Waals surface area contributed by atoms with Gasteiger partial charge in [-0.3, -0.25) is 0 Å². The van der Waals surface area contributed by atoms with Crippen LogP contribution in [0.25, 0.3) is 130 Å². The van der Waals surface area contributed by atoms with E-state index in [2.05, 4.69) is 170 Å². The zero-order valence-corrected chi connectivity index (χ0v) is 28.6. The Morgan fingerprint density at radius 1 is 0.226 bits per heavy atom. The second-order valence-electron chi connectivity index (χ2n) is 14.7. The molecule has 1 aromatic heterocycles. The van der Waals surface area contributed by atoms with Gasteiger partial charge in [0.25, 0.3) is 0 Å². The van der Waals surface area contributed by atoms with Crippen LogP contribution < -0.4 is 0 Å². The van der Waals surface area contributed by atoms with E-state index in [9.17, 15) is 0 Å². The molecule has 1 heteroatoms. The van der Waals surface area contributed by atoms with E-state index in [0.717, 1.165) is 27.5 Å². The summed E-state index contributed by atoms with van der Waals surface area (Å²) in [5.41, 5.74) is 6.67. The third kappa shape index (κ3) is 3.52. The van der Waals surface area contributed by atoms with Crippen molar-refractivity contribution in [1.82, 2.24) is 0 Å². The van der Waals surface area contributed by atoms with Gasteiger partial charge in [-0.15, -0.1) is 0 Å². The lowest BCUT2D eigenvalue weighted by molar-refractivity contribution is 0.674. The summed E-state index contributed by atoms with van der Waals surface area (Å²) >= 11 is 0. The molecule has 0 saturated carbocycles. The molecular formula is C52H28O. The molecule has 0 saturated heterocycles. The fourth-order valence-corrected chi connectivity index (χ4v) is 9.88. The highest BCUT2D eigenvalue weighted by Gasteiger charge is 2.26. The van der Waals surface area contributed by atoms with Crippen LogP contribution in [0.4, 0.5) is 0 Å². The zero-order chi connectivity index (χ0) is 34.4. The largest absolute Gasteiger partial charge is 0.455 e. The standard InChI is InChI=1S/C52H28O/c1-2-12-36-29(7-1)19-28-43-50-48(41-26-22-34-17-15-30-8-5-10-32-20-24-39(41)46(34)44(30)32)37-13-3-4-14-38(37)49(52(50)53-51(36)43)42-27-23-35-18-16-31-9-6-11-33-21-25-40(42)47(35)45(31)33/h1-28H. The molecule has 0 atom stereocenters. The summed E-state index contributed by atoms with van der Waals surface area (Å²) in [6.45, 7) is 0. The van der Waals surface area contributed by atoms with E-state index in [1.54, 1.807) is 0 Å². The van der Waals surface area contributed by atoms with Crippen LogP contribution in [0.15, 0.2) is 174 Å². The van der Waals surface area contributed by atoms with Gasteiger partial charge < -0.3 is 4.42 Å². The molecule has 0 radical (unpaired) electrons. The third-order valence-corrected chi connectivity index (χ3v) is 12.1. The van der Waals surface area contributed by atoms with Gasteiger partial charge in [0, 0.05) is 27.3 Å². The van der Waals surface area contributed by atoms with Gasteiger partial charge >= 0.3 is 0 Å². The molecule has 0 aliphatic rings. The van der Waals surface area contributed by atoms with Gasteiger partial charge in [0.15, 0.2) is 0 Å². The van der Waals surface area contributed by atoms with Crippen LogP contribution in [0.5, 0.6) is 0 Å². The van der Waals surface area contributed by atoms with E-state index in [0.29, 0.717) is 0 Å². The molecule has 0 aliphatic carbocycles. The van der Waals surface area contributed by atoms with Crippen LogP contribution in [0, 0.1) is 0 Å².